The lowest BCUT2D eigenvalue weighted by Gasteiger charge is -2.24. The summed E-state index contributed by atoms with van der Waals surface area (Å²) in [5.74, 6) is 1.14. The highest BCUT2D eigenvalue weighted by Crippen LogP contribution is 2.25. The van der Waals surface area contributed by atoms with E-state index in [9.17, 15) is 0 Å². The third kappa shape index (κ3) is 6.47. The smallest absolute Gasteiger partial charge is 0.244 e. The average molecular weight is 388 g/mol. The lowest BCUT2D eigenvalue weighted by atomic mass is 10.1. The van der Waals surface area contributed by atoms with Crippen molar-refractivity contribution >= 4 is 37.7 Å². The van der Waals surface area contributed by atoms with Crippen molar-refractivity contribution in [2.24, 2.45) is 4.99 Å². The van der Waals surface area contributed by atoms with Gasteiger partial charge in [-0.3, -0.25) is 0 Å². The summed E-state index contributed by atoms with van der Waals surface area (Å²) in [5, 5.41) is 0.623. The van der Waals surface area contributed by atoms with E-state index in [0.29, 0.717) is 10.9 Å². The van der Waals surface area contributed by atoms with Gasteiger partial charge in [-0.15, -0.1) is 0 Å². The third-order valence-electron chi connectivity index (χ3n) is 3.27. The van der Waals surface area contributed by atoms with Crippen LogP contribution in [0.3, 0.4) is 0 Å². The van der Waals surface area contributed by atoms with Gasteiger partial charge in [-0.05, 0) is 37.8 Å². The van der Waals surface area contributed by atoms with Crippen LogP contribution >= 0.6 is 23.2 Å². The van der Waals surface area contributed by atoms with Gasteiger partial charge in [0.25, 0.3) is 0 Å². The molecular weight excluding hydrogens is 365 g/mol. The van der Waals surface area contributed by atoms with Crippen molar-refractivity contribution in [3.8, 4) is 5.75 Å². The van der Waals surface area contributed by atoms with Gasteiger partial charge in [-0.1, -0.05) is 23.2 Å². The van der Waals surface area contributed by atoms with Crippen LogP contribution in [0.15, 0.2) is 34.6 Å². The summed E-state index contributed by atoms with van der Waals surface area (Å²) in [6.07, 6.45) is 3.58. The quantitative estimate of drug-likeness (QED) is 0.382. The van der Waals surface area contributed by atoms with Gasteiger partial charge in [0, 0.05) is 29.6 Å². The zero-order valence-corrected chi connectivity index (χ0v) is 16.7. The Labute approximate surface area is 154 Å². The molecule has 0 N–H and O–H groups in total. The molecule has 0 aromatic heterocycles. The molecule has 132 valence electrons. The monoisotopic (exact) mass is 387 g/mol. The fraction of sp³-hybridized carbons (Fsp3) is 0.471. The molecule has 1 aliphatic heterocycles. The summed E-state index contributed by atoms with van der Waals surface area (Å²) < 4.78 is 17.3. The molecule has 1 aromatic rings. The molecule has 0 aliphatic carbocycles. The molecule has 0 radical (unpaired) electrons. The average Bonchev–Trinajstić information content (AvgIpc) is 2.53. The van der Waals surface area contributed by atoms with E-state index < -0.39 is 8.32 Å². The van der Waals surface area contributed by atoms with Gasteiger partial charge >= 0.3 is 0 Å². The van der Waals surface area contributed by atoms with Crippen LogP contribution < -0.4 is 4.74 Å². The molecule has 0 amide bonds. The molecule has 1 aliphatic rings. The number of benzene rings is 1. The van der Waals surface area contributed by atoms with Crippen molar-refractivity contribution in [1.29, 1.82) is 0 Å². The lowest BCUT2D eigenvalue weighted by molar-refractivity contribution is 0.0255. The number of halogens is 2. The first kappa shape index (κ1) is 19.3. The maximum absolute atomic E-state index is 6.11. The molecule has 0 spiro atoms. The highest BCUT2D eigenvalue weighted by atomic mass is 35.5. The Bertz CT molecular complexity index is 608. The van der Waals surface area contributed by atoms with Crippen molar-refractivity contribution < 1.29 is 13.9 Å². The number of ether oxygens (including phenoxy) is 2. The Kier molecular flexibility index (Phi) is 7.16. The highest BCUT2D eigenvalue weighted by Gasteiger charge is 2.18. The first-order valence-corrected chi connectivity index (χ1v) is 12.2. The van der Waals surface area contributed by atoms with Crippen molar-refractivity contribution in [3.63, 3.8) is 0 Å². The van der Waals surface area contributed by atoms with E-state index in [1.807, 2.05) is 18.2 Å². The van der Waals surface area contributed by atoms with Crippen molar-refractivity contribution in [2.45, 2.75) is 38.6 Å². The number of rotatable bonds is 6. The fourth-order valence-corrected chi connectivity index (χ4v) is 3.32. The van der Waals surface area contributed by atoms with E-state index in [4.69, 9.17) is 37.1 Å². The van der Waals surface area contributed by atoms with Crippen LogP contribution in [-0.2, 0) is 9.16 Å². The Hall–Kier alpha value is -1.01. The summed E-state index contributed by atoms with van der Waals surface area (Å²) in [4.78, 5) is 4.35. The topological polar surface area (TPSA) is 40.0 Å². The molecule has 2 rings (SSSR count). The maximum Gasteiger partial charge on any atom is 0.244 e. The molecule has 1 saturated heterocycles. The molecule has 4 nitrogen and oxygen atoms in total. The van der Waals surface area contributed by atoms with Crippen molar-refractivity contribution in [2.75, 3.05) is 13.2 Å². The molecule has 0 saturated carbocycles. The Morgan fingerprint density at radius 1 is 1.29 bits per heavy atom. The minimum Gasteiger partial charge on any atom is -0.531 e. The van der Waals surface area contributed by atoms with Gasteiger partial charge in [0.1, 0.15) is 11.9 Å². The van der Waals surface area contributed by atoms with E-state index in [1.54, 1.807) is 6.21 Å². The second-order valence-electron chi connectivity index (χ2n) is 6.53. The summed E-state index contributed by atoms with van der Waals surface area (Å²) in [7, 11) is -1.78. The first-order valence-electron chi connectivity index (χ1n) is 7.95. The van der Waals surface area contributed by atoms with Crippen LogP contribution in [0.4, 0.5) is 0 Å². The Morgan fingerprint density at radius 3 is 2.62 bits per heavy atom. The minimum absolute atomic E-state index is 0.147. The van der Waals surface area contributed by atoms with Gasteiger partial charge in [0.2, 0.25) is 14.2 Å². The van der Waals surface area contributed by atoms with Crippen LogP contribution in [0.2, 0.25) is 24.7 Å². The van der Waals surface area contributed by atoms with Gasteiger partial charge in [-0.25, -0.2) is 4.99 Å². The molecular formula is C17H23Cl2NO3Si. The van der Waals surface area contributed by atoms with Gasteiger partial charge in [0.15, 0.2) is 0 Å². The summed E-state index contributed by atoms with van der Waals surface area (Å²) in [5.41, 5.74) is 2.14. The number of hydrogen-bond acceptors (Lipinski definition) is 4. The van der Waals surface area contributed by atoms with E-state index in [-0.39, 0.29) is 6.10 Å². The molecule has 1 heterocycles. The van der Waals surface area contributed by atoms with Crippen molar-refractivity contribution in [3.05, 3.63) is 40.2 Å². The van der Waals surface area contributed by atoms with Crippen LogP contribution in [0, 0.1) is 0 Å². The molecule has 7 heteroatoms. The summed E-state index contributed by atoms with van der Waals surface area (Å²) in [6.45, 7) is 7.67. The number of hydrogen-bond donors (Lipinski definition) is 0. The lowest BCUT2D eigenvalue weighted by Crippen LogP contribution is -2.26. The summed E-state index contributed by atoms with van der Waals surface area (Å²) in [6, 6.07) is 5.49. The zero-order chi connectivity index (χ0) is 17.6. The van der Waals surface area contributed by atoms with E-state index in [2.05, 4.69) is 24.6 Å². The normalized spacial score (nSPS) is 17.3. The zero-order valence-electron chi connectivity index (χ0n) is 14.2. The maximum atomic E-state index is 6.11. The third-order valence-corrected chi connectivity index (χ3v) is 4.51. The molecule has 24 heavy (non-hydrogen) atoms. The molecule has 0 unspecified atom stereocenters. The predicted octanol–water partition coefficient (Wildman–Crippen LogP) is 5.21. The number of nitrogens with zero attached hydrogens (tertiary/aromatic N) is 1. The second-order valence-corrected chi connectivity index (χ2v) is 11.6. The second kappa shape index (κ2) is 8.90. The minimum atomic E-state index is -1.78. The van der Waals surface area contributed by atoms with E-state index in [0.717, 1.165) is 37.4 Å². The Balaban J connectivity index is 2.15. The van der Waals surface area contributed by atoms with Gasteiger partial charge in [0.05, 0.1) is 18.7 Å². The SMILES string of the molecule is C[Si](C)(C)OC(=C\Cl)/N=C/c1cc(Cl)ccc1OC1CCOCC1. The van der Waals surface area contributed by atoms with Crippen LogP contribution in [0.1, 0.15) is 18.4 Å². The van der Waals surface area contributed by atoms with Crippen LogP contribution in [0.5, 0.6) is 5.75 Å². The van der Waals surface area contributed by atoms with E-state index in [1.165, 1.54) is 5.54 Å². The fourth-order valence-electron chi connectivity index (χ4n) is 2.22. The van der Waals surface area contributed by atoms with Gasteiger partial charge in [-0.2, -0.15) is 0 Å². The first-order chi connectivity index (χ1) is 11.4. The van der Waals surface area contributed by atoms with Crippen LogP contribution in [-0.4, -0.2) is 33.8 Å². The largest absolute Gasteiger partial charge is 0.531 e. The standard InChI is InChI=1S/C17H23Cl2NO3Si/c1-24(2,3)23-17(11-18)20-12-13-10-14(19)4-5-16(13)22-15-6-8-21-9-7-15/h4-5,10-12,15H,6-9H2,1-3H3/b17-11-,20-12+. The summed E-state index contributed by atoms with van der Waals surface area (Å²) >= 11 is 11.9. The highest BCUT2D eigenvalue weighted by molar-refractivity contribution is 6.70. The Morgan fingerprint density at radius 2 is 2.00 bits per heavy atom. The number of aliphatic imine (C=N–C) groups is 1. The molecule has 1 fully saturated rings. The van der Waals surface area contributed by atoms with E-state index >= 15 is 0 Å². The van der Waals surface area contributed by atoms with Gasteiger partial charge < -0.3 is 13.9 Å². The van der Waals surface area contributed by atoms with Crippen LogP contribution in [0.25, 0.3) is 0 Å². The predicted molar refractivity (Wildman–Crippen MR) is 102 cm³/mol. The molecule has 1 aromatic carbocycles. The van der Waals surface area contributed by atoms with Crippen molar-refractivity contribution in [1.82, 2.24) is 0 Å². The molecule has 0 atom stereocenters. The molecule has 0 bridgehead atoms.